The van der Waals surface area contributed by atoms with Crippen LogP contribution < -0.4 is 10.1 Å². The summed E-state index contributed by atoms with van der Waals surface area (Å²) in [5.41, 5.74) is 1.95. The third kappa shape index (κ3) is 5.22. The van der Waals surface area contributed by atoms with Crippen LogP contribution in [0.5, 0.6) is 5.75 Å². The first-order valence-electron chi connectivity index (χ1n) is 8.46. The van der Waals surface area contributed by atoms with Crippen LogP contribution in [0.2, 0.25) is 0 Å². The van der Waals surface area contributed by atoms with Crippen LogP contribution >= 0.6 is 0 Å². The first-order valence-corrected chi connectivity index (χ1v) is 8.46. The van der Waals surface area contributed by atoms with Gasteiger partial charge in [-0.3, -0.25) is 0 Å². The lowest BCUT2D eigenvalue weighted by molar-refractivity contribution is -0.222. The molecule has 0 atom stereocenters. The zero-order chi connectivity index (χ0) is 20.2. The molecular weight excluding hydrogens is 354 g/mol. The molecule has 1 aromatic rings. The van der Waals surface area contributed by atoms with Crippen LogP contribution in [0, 0.1) is 13.8 Å². The van der Waals surface area contributed by atoms with Crippen molar-refractivity contribution >= 4 is 23.6 Å². The Balaban J connectivity index is 2.11. The number of aryl methyl sites for hydroxylation is 2. The highest BCUT2D eigenvalue weighted by Crippen LogP contribution is 2.28. The number of carbonyl (C=O) groups is 3. The molecule has 1 N–H and O–H groups in total. The molecular formula is C19H23NO7. The largest absolute Gasteiger partial charge is 0.481 e. The van der Waals surface area contributed by atoms with Crippen LogP contribution in [-0.4, -0.2) is 36.9 Å². The highest BCUT2D eigenvalue weighted by molar-refractivity contribution is 6.15. The fraction of sp³-hybridized carbons (Fsp3) is 0.421. The molecule has 0 aliphatic carbocycles. The second-order valence-corrected chi connectivity index (χ2v) is 6.41. The Morgan fingerprint density at radius 2 is 1.70 bits per heavy atom. The van der Waals surface area contributed by atoms with E-state index in [4.69, 9.17) is 18.9 Å². The van der Waals surface area contributed by atoms with Crippen molar-refractivity contribution in [2.45, 2.75) is 40.4 Å². The van der Waals surface area contributed by atoms with Crippen LogP contribution in [0.15, 0.2) is 23.9 Å². The smallest absolute Gasteiger partial charge is 0.350 e. The topological polar surface area (TPSA) is 100 Å². The van der Waals surface area contributed by atoms with Crippen LogP contribution in [0.1, 0.15) is 31.9 Å². The maximum absolute atomic E-state index is 11.9. The Labute approximate surface area is 157 Å². The fourth-order valence-corrected chi connectivity index (χ4v) is 2.53. The second-order valence-electron chi connectivity index (χ2n) is 6.41. The van der Waals surface area contributed by atoms with Crippen molar-refractivity contribution in [3.05, 3.63) is 35.0 Å². The van der Waals surface area contributed by atoms with Crippen LogP contribution in [-0.2, 0) is 28.6 Å². The molecule has 0 aromatic heterocycles. The van der Waals surface area contributed by atoms with Gasteiger partial charge in [-0.25, -0.2) is 14.4 Å². The number of nitrogens with one attached hydrogen (secondary N) is 1. The Hall–Kier alpha value is -3.03. The number of ether oxygens (including phenoxy) is 4. The first kappa shape index (κ1) is 20.3. The van der Waals surface area contributed by atoms with Crippen LogP contribution in [0.25, 0.3) is 0 Å². The average molecular weight is 377 g/mol. The molecule has 0 saturated carbocycles. The van der Waals surface area contributed by atoms with Crippen molar-refractivity contribution in [3.8, 4) is 5.75 Å². The van der Waals surface area contributed by atoms with Gasteiger partial charge in [0.25, 0.3) is 5.79 Å². The molecule has 8 heteroatoms. The predicted octanol–water partition coefficient (Wildman–Crippen LogP) is 2.38. The number of hydrogen-bond donors (Lipinski definition) is 1. The van der Waals surface area contributed by atoms with E-state index in [1.807, 2.05) is 13.8 Å². The molecule has 0 unspecified atom stereocenters. The third-order valence-electron chi connectivity index (χ3n) is 3.60. The van der Waals surface area contributed by atoms with Gasteiger partial charge in [0.05, 0.1) is 6.61 Å². The van der Waals surface area contributed by atoms with E-state index in [-0.39, 0.29) is 12.2 Å². The molecule has 0 amide bonds. The molecule has 146 valence electrons. The van der Waals surface area contributed by atoms with E-state index < -0.39 is 23.7 Å². The maximum Gasteiger partial charge on any atom is 0.350 e. The molecule has 1 fully saturated rings. The van der Waals surface area contributed by atoms with Crippen molar-refractivity contribution in [1.82, 2.24) is 0 Å². The number of cyclic esters (lactones) is 2. The maximum atomic E-state index is 11.9. The van der Waals surface area contributed by atoms with Gasteiger partial charge in [-0.2, -0.15) is 0 Å². The molecule has 0 bridgehead atoms. The fourth-order valence-electron chi connectivity index (χ4n) is 2.53. The SMILES string of the molecule is CCOC(=O)COc1c(C)cc(NC=C2C(=O)OC(C)(C)OC2=O)cc1C. The van der Waals surface area contributed by atoms with Gasteiger partial charge in [-0.15, -0.1) is 0 Å². The molecule has 1 aromatic carbocycles. The normalized spacial score (nSPS) is 15.5. The van der Waals surface area contributed by atoms with Crippen molar-refractivity contribution in [3.63, 3.8) is 0 Å². The van der Waals surface area contributed by atoms with E-state index in [2.05, 4.69) is 5.32 Å². The summed E-state index contributed by atoms with van der Waals surface area (Å²) in [6.45, 7) is 8.43. The lowest BCUT2D eigenvalue weighted by atomic mass is 10.1. The predicted molar refractivity (Wildman–Crippen MR) is 96.0 cm³/mol. The van der Waals surface area contributed by atoms with Gasteiger partial charge >= 0.3 is 17.9 Å². The molecule has 1 aliphatic heterocycles. The van der Waals surface area contributed by atoms with Crippen molar-refractivity contribution in [2.24, 2.45) is 0 Å². The molecule has 0 spiro atoms. The number of anilines is 1. The molecule has 2 rings (SSSR count). The lowest BCUT2D eigenvalue weighted by Crippen LogP contribution is -2.42. The minimum absolute atomic E-state index is 0.181. The second kappa shape index (κ2) is 8.11. The van der Waals surface area contributed by atoms with Crippen LogP contribution in [0.3, 0.4) is 0 Å². The highest BCUT2D eigenvalue weighted by Gasteiger charge is 2.38. The van der Waals surface area contributed by atoms with E-state index in [0.29, 0.717) is 18.0 Å². The monoisotopic (exact) mass is 377 g/mol. The minimum atomic E-state index is -1.28. The number of carbonyl (C=O) groups excluding carboxylic acids is 3. The summed E-state index contributed by atoms with van der Waals surface area (Å²) >= 11 is 0. The number of rotatable bonds is 6. The molecule has 0 radical (unpaired) electrons. The molecule has 1 heterocycles. The van der Waals surface area contributed by atoms with Gasteiger partial charge in [-0.1, -0.05) is 0 Å². The quantitative estimate of drug-likeness (QED) is 0.458. The Bertz CT molecular complexity index is 750. The summed E-state index contributed by atoms with van der Waals surface area (Å²) < 4.78 is 20.4. The van der Waals surface area contributed by atoms with Gasteiger partial charge in [0.15, 0.2) is 12.2 Å². The van der Waals surface area contributed by atoms with Crippen molar-refractivity contribution in [2.75, 3.05) is 18.5 Å². The van der Waals surface area contributed by atoms with Gasteiger partial charge < -0.3 is 24.3 Å². The number of esters is 3. The van der Waals surface area contributed by atoms with Gasteiger partial charge in [0.1, 0.15) is 5.75 Å². The van der Waals surface area contributed by atoms with E-state index >= 15 is 0 Å². The van der Waals surface area contributed by atoms with Gasteiger partial charge in [-0.05, 0) is 44.0 Å². The van der Waals surface area contributed by atoms with Gasteiger partial charge in [0.2, 0.25) is 0 Å². The third-order valence-corrected chi connectivity index (χ3v) is 3.60. The van der Waals surface area contributed by atoms with Crippen LogP contribution in [0.4, 0.5) is 5.69 Å². The highest BCUT2D eigenvalue weighted by atomic mass is 16.7. The number of hydrogen-bond acceptors (Lipinski definition) is 8. The average Bonchev–Trinajstić information content (AvgIpc) is 2.52. The molecule has 1 saturated heterocycles. The Morgan fingerprint density at radius 3 is 2.22 bits per heavy atom. The standard InChI is InChI=1S/C19H23NO7/c1-6-24-15(21)10-25-16-11(2)7-13(8-12(16)3)20-9-14-17(22)26-19(4,5)27-18(14)23/h7-9,20H,6,10H2,1-5H3. The van der Waals surface area contributed by atoms with Crippen molar-refractivity contribution < 1.29 is 33.3 Å². The number of benzene rings is 1. The molecule has 27 heavy (non-hydrogen) atoms. The zero-order valence-corrected chi connectivity index (χ0v) is 16.0. The van der Waals surface area contributed by atoms with E-state index in [0.717, 1.165) is 11.1 Å². The summed E-state index contributed by atoms with van der Waals surface area (Å²) in [6, 6.07) is 3.52. The Kier molecular flexibility index (Phi) is 6.09. The summed E-state index contributed by atoms with van der Waals surface area (Å²) in [7, 11) is 0. The summed E-state index contributed by atoms with van der Waals surface area (Å²) in [5, 5.41) is 2.89. The lowest BCUT2D eigenvalue weighted by Gasteiger charge is -2.29. The van der Waals surface area contributed by atoms with Crippen molar-refractivity contribution in [1.29, 1.82) is 0 Å². The van der Waals surface area contributed by atoms with E-state index in [1.165, 1.54) is 20.0 Å². The minimum Gasteiger partial charge on any atom is -0.481 e. The van der Waals surface area contributed by atoms with Gasteiger partial charge in [0, 0.05) is 25.7 Å². The summed E-state index contributed by atoms with van der Waals surface area (Å²) in [4.78, 5) is 35.3. The first-order chi connectivity index (χ1) is 12.6. The molecule has 1 aliphatic rings. The van der Waals surface area contributed by atoms with E-state index in [9.17, 15) is 14.4 Å². The van der Waals surface area contributed by atoms with E-state index in [1.54, 1.807) is 19.1 Å². The summed E-state index contributed by atoms with van der Waals surface area (Å²) in [5.74, 6) is -2.67. The summed E-state index contributed by atoms with van der Waals surface area (Å²) in [6.07, 6.45) is 1.24. The zero-order valence-electron chi connectivity index (χ0n) is 16.0. The Morgan fingerprint density at radius 1 is 1.15 bits per heavy atom. The molecule has 8 nitrogen and oxygen atoms in total.